The number of rotatable bonds is 3. The topological polar surface area (TPSA) is 40.5 Å². The molecule has 0 spiro atoms. The van der Waals surface area contributed by atoms with Crippen LogP contribution in [-0.2, 0) is 10.4 Å². The van der Waals surface area contributed by atoms with Gasteiger partial charge in [-0.15, -0.1) is 0 Å². The molecule has 1 aromatic carbocycles. The molecule has 0 atom stereocenters. The van der Waals surface area contributed by atoms with Crippen molar-refractivity contribution in [2.75, 3.05) is 13.1 Å². The Balaban J connectivity index is 2.06. The highest BCUT2D eigenvalue weighted by Crippen LogP contribution is 2.34. The van der Waals surface area contributed by atoms with Crippen molar-refractivity contribution >= 4 is 5.91 Å². The SMILES string of the molecule is CCCC(=O)N1CCC(O)(c2ccccc2F)CC1. The van der Waals surface area contributed by atoms with E-state index < -0.39 is 5.60 Å². The summed E-state index contributed by atoms with van der Waals surface area (Å²) in [5.74, 6) is -0.253. The van der Waals surface area contributed by atoms with Crippen LogP contribution in [0.25, 0.3) is 0 Å². The summed E-state index contributed by atoms with van der Waals surface area (Å²) in [6.45, 7) is 2.95. The predicted molar refractivity (Wildman–Crippen MR) is 71.0 cm³/mol. The Hall–Kier alpha value is -1.42. The molecule has 104 valence electrons. The molecule has 1 aliphatic heterocycles. The van der Waals surface area contributed by atoms with Crippen molar-refractivity contribution in [3.05, 3.63) is 35.6 Å². The van der Waals surface area contributed by atoms with Gasteiger partial charge in [-0.05, 0) is 25.3 Å². The molecule has 3 nitrogen and oxygen atoms in total. The highest BCUT2D eigenvalue weighted by atomic mass is 19.1. The van der Waals surface area contributed by atoms with Crippen molar-refractivity contribution in [3.8, 4) is 0 Å². The first kappa shape index (κ1) is 14.0. The number of amides is 1. The number of benzene rings is 1. The summed E-state index contributed by atoms with van der Waals surface area (Å²) in [4.78, 5) is 13.5. The molecule has 0 aliphatic carbocycles. The lowest BCUT2D eigenvalue weighted by Crippen LogP contribution is -2.45. The Kier molecular flexibility index (Phi) is 4.20. The molecule has 1 heterocycles. The van der Waals surface area contributed by atoms with Crippen LogP contribution in [0.5, 0.6) is 0 Å². The van der Waals surface area contributed by atoms with Gasteiger partial charge in [-0.2, -0.15) is 0 Å². The van der Waals surface area contributed by atoms with Crippen molar-refractivity contribution in [2.45, 2.75) is 38.2 Å². The third-order valence-corrected chi connectivity index (χ3v) is 3.78. The van der Waals surface area contributed by atoms with E-state index in [0.29, 0.717) is 37.9 Å². The second-order valence-electron chi connectivity index (χ2n) is 5.14. The van der Waals surface area contributed by atoms with Crippen LogP contribution in [0.15, 0.2) is 24.3 Å². The highest BCUT2D eigenvalue weighted by molar-refractivity contribution is 5.76. The second-order valence-corrected chi connectivity index (χ2v) is 5.14. The minimum absolute atomic E-state index is 0.123. The molecule has 0 radical (unpaired) electrons. The zero-order chi connectivity index (χ0) is 13.9. The predicted octanol–water partition coefficient (Wildman–Crippen LogP) is 2.44. The molecule has 1 amide bonds. The number of likely N-dealkylation sites (tertiary alicyclic amines) is 1. The van der Waals surface area contributed by atoms with Crippen LogP contribution in [0.3, 0.4) is 0 Å². The van der Waals surface area contributed by atoms with Crippen molar-refractivity contribution in [1.82, 2.24) is 4.90 Å². The Morgan fingerprint density at radius 1 is 1.37 bits per heavy atom. The molecule has 0 saturated carbocycles. The van der Waals surface area contributed by atoms with E-state index in [1.165, 1.54) is 6.07 Å². The Morgan fingerprint density at radius 3 is 2.58 bits per heavy atom. The van der Waals surface area contributed by atoms with E-state index in [1.807, 2.05) is 6.92 Å². The van der Waals surface area contributed by atoms with E-state index in [1.54, 1.807) is 23.1 Å². The summed E-state index contributed by atoms with van der Waals surface area (Å²) in [7, 11) is 0. The first-order chi connectivity index (χ1) is 9.07. The normalized spacial score (nSPS) is 18.4. The number of carbonyl (C=O) groups is 1. The van der Waals surface area contributed by atoms with Crippen LogP contribution < -0.4 is 0 Å². The molecule has 2 rings (SSSR count). The molecule has 1 saturated heterocycles. The lowest BCUT2D eigenvalue weighted by molar-refractivity contribution is -0.135. The molecule has 1 N–H and O–H groups in total. The van der Waals surface area contributed by atoms with Gasteiger partial charge in [0, 0.05) is 25.1 Å². The number of hydrogen-bond acceptors (Lipinski definition) is 2. The number of halogens is 1. The first-order valence-corrected chi connectivity index (χ1v) is 6.82. The zero-order valence-corrected chi connectivity index (χ0v) is 11.2. The maximum Gasteiger partial charge on any atom is 0.222 e. The van der Waals surface area contributed by atoms with Crippen molar-refractivity contribution in [1.29, 1.82) is 0 Å². The van der Waals surface area contributed by atoms with E-state index >= 15 is 0 Å². The molecule has 19 heavy (non-hydrogen) atoms. The van der Waals surface area contributed by atoms with E-state index in [0.717, 1.165) is 6.42 Å². The average molecular weight is 265 g/mol. The quantitative estimate of drug-likeness (QED) is 0.912. The fraction of sp³-hybridized carbons (Fsp3) is 0.533. The average Bonchev–Trinajstić information content (AvgIpc) is 2.40. The van der Waals surface area contributed by atoms with E-state index in [9.17, 15) is 14.3 Å². The number of aliphatic hydroxyl groups is 1. The number of piperidine rings is 1. The lowest BCUT2D eigenvalue weighted by atomic mass is 9.84. The third kappa shape index (κ3) is 2.95. The Labute approximate surface area is 113 Å². The lowest BCUT2D eigenvalue weighted by Gasteiger charge is -2.38. The summed E-state index contributed by atoms with van der Waals surface area (Å²) >= 11 is 0. The Morgan fingerprint density at radius 2 is 2.00 bits per heavy atom. The summed E-state index contributed by atoms with van der Waals surface area (Å²) in [6, 6.07) is 6.33. The second kappa shape index (κ2) is 5.70. The zero-order valence-electron chi connectivity index (χ0n) is 11.2. The standard InChI is InChI=1S/C15H20FNO2/c1-2-5-14(18)17-10-8-15(19,9-11-17)12-6-3-4-7-13(12)16/h3-4,6-7,19H,2,5,8-11H2,1H3. The number of hydrogen-bond donors (Lipinski definition) is 1. The van der Waals surface area contributed by atoms with Gasteiger partial charge in [0.25, 0.3) is 0 Å². The maximum atomic E-state index is 13.8. The number of nitrogens with zero attached hydrogens (tertiary/aromatic N) is 1. The van der Waals surface area contributed by atoms with Crippen molar-refractivity contribution in [2.24, 2.45) is 0 Å². The van der Waals surface area contributed by atoms with E-state index in [2.05, 4.69) is 0 Å². The van der Waals surface area contributed by atoms with Gasteiger partial charge >= 0.3 is 0 Å². The van der Waals surface area contributed by atoms with E-state index in [4.69, 9.17) is 0 Å². The maximum absolute atomic E-state index is 13.8. The van der Waals surface area contributed by atoms with Gasteiger partial charge in [0.1, 0.15) is 5.82 Å². The summed E-state index contributed by atoms with van der Waals surface area (Å²) < 4.78 is 13.8. The fourth-order valence-electron chi connectivity index (χ4n) is 2.61. The van der Waals surface area contributed by atoms with Gasteiger partial charge in [0.05, 0.1) is 5.60 Å². The first-order valence-electron chi connectivity index (χ1n) is 6.82. The molecule has 1 fully saturated rings. The minimum Gasteiger partial charge on any atom is -0.385 e. The van der Waals surface area contributed by atoms with Gasteiger partial charge < -0.3 is 10.0 Å². The van der Waals surface area contributed by atoms with Crippen LogP contribution in [0, 0.1) is 5.82 Å². The summed E-state index contributed by atoms with van der Waals surface area (Å²) in [5, 5.41) is 10.6. The van der Waals surface area contributed by atoms with Crippen molar-refractivity contribution < 1.29 is 14.3 Å². The summed E-state index contributed by atoms with van der Waals surface area (Å²) in [6.07, 6.45) is 2.15. The summed E-state index contributed by atoms with van der Waals surface area (Å²) in [5.41, 5.74) is -0.800. The van der Waals surface area contributed by atoms with Crippen LogP contribution in [0.2, 0.25) is 0 Å². The van der Waals surface area contributed by atoms with Gasteiger partial charge in [0.2, 0.25) is 5.91 Å². The van der Waals surface area contributed by atoms with Gasteiger partial charge in [-0.3, -0.25) is 4.79 Å². The van der Waals surface area contributed by atoms with Gasteiger partial charge in [-0.25, -0.2) is 4.39 Å². The van der Waals surface area contributed by atoms with Crippen molar-refractivity contribution in [3.63, 3.8) is 0 Å². The van der Waals surface area contributed by atoms with Crippen LogP contribution in [0.1, 0.15) is 38.2 Å². The van der Waals surface area contributed by atoms with Gasteiger partial charge in [-0.1, -0.05) is 25.1 Å². The monoisotopic (exact) mass is 265 g/mol. The smallest absolute Gasteiger partial charge is 0.222 e. The van der Waals surface area contributed by atoms with E-state index in [-0.39, 0.29) is 11.7 Å². The molecule has 0 aromatic heterocycles. The van der Waals surface area contributed by atoms with Crippen LogP contribution >= 0.6 is 0 Å². The third-order valence-electron chi connectivity index (χ3n) is 3.78. The molecular formula is C15H20FNO2. The highest BCUT2D eigenvalue weighted by Gasteiger charge is 2.36. The minimum atomic E-state index is -1.14. The van der Waals surface area contributed by atoms with Crippen LogP contribution in [-0.4, -0.2) is 29.0 Å². The molecule has 0 bridgehead atoms. The molecule has 1 aliphatic rings. The fourth-order valence-corrected chi connectivity index (χ4v) is 2.61. The number of carbonyl (C=O) groups excluding carboxylic acids is 1. The molecule has 0 unspecified atom stereocenters. The molecule has 1 aromatic rings. The molecule has 4 heteroatoms. The van der Waals surface area contributed by atoms with Gasteiger partial charge in [0.15, 0.2) is 0 Å². The Bertz CT molecular complexity index is 453. The molecular weight excluding hydrogens is 245 g/mol. The van der Waals surface area contributed by atoms with Crippen LogP contribution in [0.4, 0.5) is 4.39 Å². The largest absolute Gasteiger partial charge is 0.385 e.